The first-order valence-electron chi connectivity index (χ1n) is 4.60. The molecule has 2 rings (SSSR count). The van der Waals surface area contributed by atoms with E-state index in [1.54, 1.807) is 18.5 Å². The summed E-state index contributed by atoms with van der Waals surface area (Å²) < 4.78 is 0. The van der Waals surface area contributed by atoms with Gasteiger partial charge in [0.1, 0.15) is 11.4 Å². The van der Waals surface area contributed by atoms with E-state index in [9.17, 15) is 0 Å². The van der Waals surface area contributed by atoms with Crippen molar-refractivity contribution in [1.29, 1.82) is 0 Å². The Bertz CT molecular complexity index is 571. The summed E-state index contributed by atoms with van der Waals surface area (Å²) in [5, 5.41) is 0. The second-order valence-electron chi connectivity index (χ2n) is 3.13. The molecule has 2 heterocycles. The Hall–Kier alpha value is -2.48. The Morgan fingerprint density at radius 1 is 1.25 bits per heavy atom. The number of aryl methyl sites for hydroxylation is 1. The lowest BCUT2D eigenvalue weighted by molar-refractivity contribution is 1.09. The largest absolute Gasteiger partial charge is 0.368 e. The molecule has 0 bridgehead atoms. The minimum absolute atomic E-state index is 0.135. The van der Waals surface area contributed by atoms with Crippen molar-refractivity contribution in [1.82, 2.24) is 19.9 Å². The minimum atomic E-state index is 0.135. The van der Waals surface area contributed by atoms with E-state index in [-0.39, 0.29) is 5.95 Å². The van der Waals surface area contributed by atoms with Crippen molar-refractivity contribution in [3.8, 4) is 23.7 Å². The molecule has 0 atom stereocenters. The smallest absolute Gasteiger partial charge is 0.221 e. The lowest BCUT2D eigenvalue weighted by Gasteiger charge is -2.03. The highest BCUT2D eigenvalue weighted by molar-refractivity contribution is 5.59. The minimum Gasteiger partial charge on any atom is -0.368 e. The molecule has 16 heavy (non-hydrogen) atoms. The van der Waals surface area contributed by atoms with Crippen LogP contribution >= 0.6 is 0 Å². The predicted molar refractivity (Wildman–Crippen MR) is 60.1 cm³/mol. The second-order valence-corrected chi connectivity index (χ2v) is 3.13. The molecule has 2 aromatic heterocycles. The van der Waals surface area contributed by atoms with Gasteiger partial charge in [-0.3, -0.25) is 9.97 Å². The maximum atomic E-state index is 5.56. The molecule has 0 saturated carbocycles. The fourth-order valence-electron chi connectivity index (χ4n) is 1.32. The zero-order chi connectivity index (χ0) is 11.5. The van der Waals surface area contributed by atoms with Gasteiger partial charge in [-0.1, -0.05) is 5.92 Å². The van der Waals surface area contributed by atoms with Gasteiger partial charge in [-0.15, -0.1) is 6.42 Å². The fraction of sp³-hybridized carbons (Fsp3) is 0.0909. The summed E-state index contributed by atoms with van der Waals surface area (Å²) in [6.07, 6.45) is 8.48. The maximum Gasteiger partial charge on any atom is 0.221 e. The summed E-state index contributed by atoms with van der Waals surface area (Å²) in [6, 6.07) is 1.66. The molecule has 5 heteroatoms. The third kappa shape index (κ3) is 1.81. The number of nitrogens with two attached hydrogens (primary N) is 1. The molecule has 0 amide bonds. The first-order valence-corrected chi connectivity index (χ1v) is 4.60. The Labute approximate surface area is 92.8 Å². The van der Waals surface area contributed by atoms with Gasteiger partial charge in [0.2, 0.25) is 5.95 Å². The summed E-state index contributed by atoms with van der Waals surface area (Å²) in [4.78, 5) is 16.3. The molecule has 0 fully saturated rings. The molecule has 0 aromatic carbocycles. The van der Waals surface area contributed by atoms with Crippen LogP contribution in [0.4, 0.5) is 5.95 Å². The van der Waals surface area contributed by atoms with Crippen molar-refractivity contribution in [2.24, 2.45) is 0 Å². The van der Waals surface area contributed by atoms with Crippen molar-refractivity contribution < 1.29 is 0 Å². The van der Waals surface area contributed by atoms with Crippen LogP contribution in [0.2, 0.25) is 0 Å². The van der Waals surface area contributed by atoms with Gasteiger partial charge in [-0.2, -0.15) is 0 Å². The molecule has 0 aliphatic carbocycles. The highest BCUT2D eigenvalue weighted by atomic mass is 15.0. The first-order chi connectivity index (χ1) is 7.70. The number of terminal acetylenes is 1. The van der Waals surface area contributed by atoms with Crippen LogP contribution in [-0.4, -0.2) is 19.9 Å². The zero-order valence-electron chi connectivity index (χ0n) is 8.68. The normalized spacial score (nSPS) is 9.75. The van der Waals surface area contributed by atoms with E-state index in [2.05, 4.69) is 25.9 Å². The summed E-state index contributed by atoms with van der Waals surface area (Å²) >= 11 is 0. The Morgan fingerprint density at radius 2 is 2.00 bits per heavy atom. The number of anilines is 1. The van der Waals surface area contributed by atoms with Crippen LogP contribution in [-0.2, 0) is 0 Å². The summed E-state index contributed by atoms with van der Waals surface area (Å²) in [5.41, 5.74) is 8.01. The number of aromatic nitrogens is 4. The van der Waals surface area contributed by atoms with Crippen molar-refractivity contribution in [2.75, 3.05) is 5.73 Å². The molecule has 0 spiro atoms. The second kappa shape index (κ2) is 3.95. The van der Waals surface area contributed by atoms with Crippen molar-refractivity contribution in [2.45, 2.75) is 6.92 Å². The lowest BCUT2D eigenvalue weighted by Crippen LogP contribution is -2.01. The summed E-state index contributed by atoms with van der Waals surface area (Å²) in [5.74, 6) is 2.55. The molecule has 0 aliphatic rings. The standard InChI is InChI=1S/C11H9N5/c1-3-8-6-9(16-11(12)15-8)10-7(2)13-4-5-14-10/h1,4-6H,2H3,(H2,12,15,16). The van der Waals surface area contributed by atoms with Gasteiger partial charge in [0.25, 0.3) is 0 Å². The topological polar surface area (TPSA) is 77.6 Å². The van der Waals surface area contributed by atoms with Gasteiger partial charge in [-0.25, -0.2) is 9.97 Å². The van der Waals surface area contributed by atoms with Crippen molar-refractivity contribution in [3.05, 3.63) is 29.8 Å². The molecule has 0 unspecified atom stereocenters. The maximum absolute atomic E-state index is 5.56. The quantitative estimate of drug-likeness (QED) is 0.706. The molecule has 2 aromatic rings. The lowest BCUT2D eigenvalue weighted by atomic mass is 10.2. The average molecular weight is 211 g/mol. The van der Waals surface area contributed by atoms with Gasteiger partial charge in [0.05, 0.1) is 11.4 Å². The van der Waals surface area contributed by atoms with Gasteiger partial charge < -0.3 is 5.73 Å². The van der Waals surface area contributed by atoms with Gasteiger partial charge in [-0.05, 0) is 6.92 Å². The number of rotatable bonds is 1. The molecule has 0 aliphatic heterocycles. The Kier molecular flexibility index (Phi) is 2.48. The number of nitrogens with zero attached hydrogens (tertiary/aromatic N) is 4. The van der Waals surface area contributed by atoms with Crippen molar-refractivity contribution >= 4 is 5.95 Å². The molecule has 0 radical (unpaired) electrons. The van der Waals surface area contributed by atoms with Gasteiger partial charge >= 0.3 is 0 Å². The number of hydrogen-bond donors (Lipinski definition) is 1. The fourth-order valence-corrected chi connectivity index (χ4v) is 1.32. The van der Waals surface area contributed by atoms with Crippen LogP contribution in [0.3, 0.4) is 0 Å². The predicted octanol–water partition coefficient (Wildman–Crippen LogP) is 0.806. The monoisotopic (exact) mass is 211 g/mol. The van der Waals surface area contributed by atoms with E-state index in [0.717, 1.165) is 5.69 Å². The van der Waals surface area contributed by atoms with Crippen molar-refractivity contribution in [3.63, 3.8) is 0 Å². The van der Waals surface area contributed by atoms with Gasteiger partial charge in [0.15, 0.2) is 0 Å². The van der Waals surface area contributed by atoms with Crippen LogP contribution < -0.4 is 5.73 Å². The average Bonchev–Trinajstić information content (AvgIpc) is 2.28. The molecule has 2 N–H and O–H groups in total. The summed E-state index contributed by atoms with van der Waals surface area (Å²) in [7, 11) is 0. The zero-order valence-corrected chi connectivity index (χ0v) is 8.68. The first kappa shape index (κ1) is 10.1. The third-order valence-corrected chi connectivity index (χ3v) is 2.02. The van der Waals surface area contributed by atoms with E-state index >= 15 is 0 Å². The summed E-state index contributed by atoms with van der Waals surface area (Å²) in [6.45, 7) is 1.84. The SMILES string of the molecule is C#Cc1cc(-c2nccnc2C)nc(N)n1. The molecular formula is C11H9N5. The highest BCUT2D eigenvalue weighted by Gasteiger charge is 2.08. The highest BCUT2D eigenvalue weighted by Crippen LogP contribution is 2.17. The van der Waals surface area contributed by atoms with Crippen LogP contribution in [0.25, 0.3) is 11.4 Å². The molecule has 5 nitrogen and oxygen atoms in total. The van der Waals surface area contributed by atoms with Crippen LogP contribution in [0.1, 0.15) is 11.4 Å². The van der Waals surface area contributed by atoms with E-state index in [1.807, 2.05) is 6.92 Å². The van der Waals surface area contributed by atoms with Gasteiger partial charge in [0, 0.05) is 18.5 Å². The third-order valence-electron chi connectivity index (χ3n) is 2.02. The van der Waals surface area contributed by atoms with Crippen LogP contribution in [0, 0.1) is 19.3 Å². The van der Waals surface area contributed by atoms with E-state index in [0.29, 0.717) is 17.1 Å². The van der Waals surface area contributed by atoms with E-state index < -0.39 is 0 Å². The Morgan fingerprint density at radius 3 is 2.69 bits per heavy atom. The Balaban J connectivity index is 2.61. The van der Waals surface area contributed by atoms with E-state index in [1.165, 1.54) is 0 Å². The molecule has 0 saturated heterocycles. The molecule has 78 valence electrons. The number of nitrogen functional groups attached to an aromatic ring is 1. The van der Waals surface area contributed by atoms with Crippen LogP contribution in [0.15, 0.2) is 18.5 Å². The van der Waals surface area contributed by atoms with Crippen LogP contribution in [0.5, 0.6) is 0 Å². The number of hydrogen-bond acceptors (Lipinski definition) is 5. The van der Waals surface area contributed by atoms with E-state index in [4.69, 9.17) is 12.2 Å². The molecular weight excluding hydrogens is 202 g/mol.